The highest BCUT2D eigenvalue weighted by Crippen LogP contribution is 2.17. The van der Waals surface area contributed by atoms with Crippen molar-refractivity contribution in [3.8, 4) is 5.75 Å². The number of esters is 1. The molecule has 7 heteroatoms. The first-order chi connectivity index (χ1) is 13.5. The van der Waals surface area contributed by atoms with Crippen LogP contribution in [0.3, 0.4) is 0 Å². The first kappa shape index (κ1) is 21.0. The highest BCUT2D eigenvalue weighted by Gasteiger charge is 2.08. The quantitative estimate of drug-likeness (QED) is 0.509. The summed E-state index contributed by atoms with van der Waals surface area (Å²) in [5.41, 5.74) is 1.57. The molecule has 0 radical (unpaired) electrons. The van der Waals surface area contributed by atoms with Gasteiger partial charge in [-0.3, -0.25) is 9.59 Å². The Morgan fingerprint density at radius 3 is 2.39 bits per heavy atom. The van der Waals surface area contributed by atoms with Crippen LogP contribution >= 0.6 is 0 Å². The van der Waals surface area contributed by atoms with Gasteiger partial charge in [0.25, 0.3) is 5.91 Å². The fourth-order valence-corrected chi connectivity index (χ4v) is 2.30. The molecule has 0 aliphatic carbocycles. The summed E-state index contributed by atoms with van der Waals surface area (Å²) in [6.45, 7) is 3.64. The lowest BCUT2D eigenvalue weighted by Gasteiger charge is -2.09. The molecule has 2 rings (SSSR count). The van der Waals surface area contributed by atoms with E-state index in [9.17, 15) is 14.4 Å². The van der Waals surface area contributed by atoms with E-state index < -0.39 is 0 Å². The Kier molecular flexibility index (Phi) is 8.02. The van der Waals surface area contributed by atoms with Crippen LogP contribution in [0, 0.1) is 0 Å². The van der Waals surface area contributed by atoms with E-state index in [1.165, 1.54) is 6.92 Å². The molecule has 0 fully saturated rings. The number of carbonyl (C=O) groups excluding carboxylic acids is 3. The minimum atomic E-state index is -0.381. The Bertz CT molecular complexity index is 818. The maximum atomic E-state index is 12.0. The Balaban J connectivity index is 1.83. The number of nitrogens with one attached hydrogen (secondary N) is 2. The molecule has 0 aliphatic rings. The highest BCUT2D eigenvalue weighted by atomic mass is 16.5. The summed E-state index contributed by atoms with van der Waals surface area (Å²) in [5.74, 6) is -0.448. The topological polar surface area (TPSA) is 93.7 Å². The van der Waals surface area contributed by atoms with Crippen molar-refractivity contribution in [1.82, 2.24) is 0 Å². The average Bonchev–Trinajstić information content (AvgIpc) is 2.67. The maximum absolute atomic E-state index is 12.0. The Morgan fingerprint density at radius 1 is 0.964 bits per heavy atom. The number of hydrogen-bond donors (Lipinski definition) is 2. The Labute approximate surface area is 164 Å². The molecule has 148 valence electrons. The second-order valence-corrected chi connectivity index (χ2v) is 6.11. The third kappa shape index (κ3) is 7.11. The van der Waals surface area contributed by atoms with Gasteiger partial charge >= 0.3 is 5.97 Å². The minimum absolute atomic E-state index is 0.187. The van der Waals surface area contributed by atoms with Gasteiger partial charge < -0.3 is 20.1 Å². The zero-order valence-corrected chi connectivity index (χ0v) is 16.0. The summed E-state index contributed by atoms with van der Waals surface area (Å²) in [5, 5.41) is 5.34. The largest absolute Gasteiger partial charge is 0.484 e. The van der Waals surface area contributed by atoms with Gasteiger partial charge in [0.1, 0.15) is 5.75 Å². The predicted molar refractivity (Wildman–Crippen MR) is 107 cm³/mol. The van der Waals surface area contributed by atoms with E-state index in [1.54, 1.807) is 48.5 Å². The standard InChI is InChI=1S/C21H24N2O5/c1-3-4-12-27-21(26)16-8-10-17(11-9-16)23-20(25)14-28-19-7-5-6-18(13-19)22-15(2)24/h5-11,13H,3-4,12,14H2,1-2H3,(H,22,24)(H,23,25). The number of rotatable bonds is 9. The minimum Gasteiger partial charge on any atom is -0.484 e. The van der Waals surface area contributed by atoms with Crippen molar-refractivity contribution < 1.29 is 23.9 Å². The van der Waals surface area contributed by atoms with Crippen LogP contribution < -0.4 is 15.4 Å². The molecule has 0 saturated heterocycles. The number of hydrogen-bond acceptors (Lipinski definition) is 5. The van der Waals surface area contributed by atoms with Crippen molar-refractivity contribution >= 4 is 29.2 Å². The summed E-state index contributed by atoms with van der Waals surface area (Å²) in [4.78, 5) is 35.0. The third-order valence-corrected chi connectivity index (χ3v) is 3.66. The van der Waals surface area contributed by atoms with Gasteiger partial charge in [-0.25, -0.2) is 4.79 Å². The first-order valence-electron chi connectivity index (χ1n) is 9.05. The van der Waals surface area contributed by atoms with Crippen LogP contribution in [0.1, 0.15) is 37.0 Å². The summed E-state index contributed by atoms with van der Waals surface area (Å²) >= 11 is 0. The molecular formula is C21H24N2O5. The lowest BCUT2D eigenvalue weighted by molar-refractivity contribution is -0.118. The zero-order valence-electron chi connectivity index (χ0n) is 16.0. The van der Waals surface area contributed by atoms with Crippen molar-refractivity contribution in [3.05, 3.63) is 54.1 Å². The van der Waals surface area contributed by atoms with Crippen molar-refractivity contribution in [1.29, 1.82) is 0 Å². The molecule has 2 N–H and O–H groups in total. The summed E-state index contributed by atoms with van der Waals surface area (Å²) in [7, 11) is 0. The van der Waals surface area contributed by atoms with Crippen molar-refractivity contribution in [3.63, 3.8) is 0 Å². The number of ether oxygens (including phenoxy) is 2. The van der Waals surface area contributed by atoms with Crippen molar-refractivity contribution in [2.24, 2.45) is 0 Å². The molecule has 0 atom stereocenters. The molecule has 0 unspecified atom stereocenters. The number of benzene rings is 2. The van der Waals surface area contributed by atoms with Gasteiger partial charge in [0.2, 0.25) is 5.91 Å². The van der Waals surface area contributed by atoms with E-state index in [4.69, 9.17) is 9.47 Å². The van der Waals surface area contributed by atoms with Gasteiger partial charge in [-0.2, -0.15) is 0 Å². The van der Waals surface area contributed by atoms with E-state index in [2.05, 4.69) is 10.6 Å². The number of amides is 2. The second kappa shape index (κ2) is 10.7. The highest BCUT2D eigenvalue weighted by molar-refractivity contribution is 5.93. The molecule has 0 aliphatic heterocycles. The average molecular weight is 384 g/mol. The molecule has 2 aromatic carbocycles. The van der Waals surface area contributed by atoms with E-state index in [0.29, 0.717) is 29.3 Å². The molecule has 28 heavy (non-hydrogen) atoms. The molecule has 7 nitrogen and oxygen atoms in total. The van der Waals surface area contributed by atoms with Crippen LogP contribution in [0.2, 0.25) is 0 Å². The van der Waals surface area contributed by atoms with Crippen LogP contribution in [0.5, 0.6) is 5.75 Å². The normalized spacial score (nSPS) is 10.1. The third-order valence-electron chi connectivity index (χ3n) is 3.66. The Morgan fingerprint density at radius 2 is 1.71 bits per heavy atom. The molecule has 0 aromatic heterocycles. The SMILES string of the molecule is CCCCOC(=O)c1ccc(NC(=O)COc2cccc(NC(C)=O)c2)cc1. The lowest BCUT2D eigenvalue weighted by atomic mass is 10.2. The van der Waals surface area contributed by atoms with Gasteiger partial charge in [0.15, 0.2) is 6.61 Å². The molecule has 2 aromatic rings. The summed E-state index contributed by atoms with van der Waals surface area (Å²) in [6, 6.07) is 13.2. The monoisotopic (exact) mass is 384 g/mol. The smallest absolute Gasteiger partial charge is 0.338 e. The van der Waals surface area contributed by atoms with Gasteiger partial charge in [0.05, 0.1) is 12.2 Å². The fourth-order valence-electron chi connectivity index (χ4n) is 2.30. The summed E-state index contributed by atoms with van der Waals surface area (Å²) < 4.78 is 10.6. The van der Waals surface area contributed by atoms with E-state index in [0.717, 1.165) is 12.8 Å². The number of unbranched alkanes of at least 4 members (excludes halogenated alkanes) is 1. The van der Waals surface area contributed by atoms with Crippen LogP contribution in [-0.2, 0) is 14.3 Å². The molecular weight excluding hydrogens is 360 g/mol. The van der Waals surface area contributed by atoms with Crippen molar-refractivity contribution in [2.45, 2.75) is 26.7 Å². The van der Waals surface area contributed by atoms with Gasteiger partial charge in [0, 0.05) is 24.4 Å². The second-order valence-electron chi connectivity index (χ2n) is 6.11. The van der Waals surface area contributed by atoms with Gasteiger partial charge in [-0.15, -0.1) is 0 Å². The van der Waals surface area contributed by atoms with Crippen LogP contribution in [-0.4, -0.2) is 31.0 Å². The first-order valence-corrected chi connectivity index (χ1v) is 9.05. The molecule has 0 spiro atoms. The van der Waals surface area contributed by atoms with E-state index in [-0.39, 0.29) is 24.4 Å². The zero-order chi connectivity index (χ0) is 20.4. The lowest BCUT2D eigenvalue weighted by Crippen LogP contribution is -2.20. The predicted octanol–water partition coefficient (Wildman–Crippen LogP) is 3.62. The van der Waals surface area contributed by atoms with Gasteiger partial charge in [-0.05, 0) is 42.8 Å². The van der Waals surface area contributed by atoms with Crippen LogP contribution in [0.25, 0.3) is 0 Å². The fraction of sp³-hybridized carbons (Fsp3) is 0.286. The molecule has 0 saturated carbocycles. The Hall–Kier alpha value is -3.35. The molecule has 0 heterocycles. The van der Waals surface area contributed by atoms with E-state index in [1.807, 2.05) is 6.92 Å². The maximum Gasteiger partial charge on any atom is 0.338 e. The van der Waals surface area contributed by atoms with Gasteiger partial charge in [-0.1, -0.05) is 19.4 Å². The van der Waals surface area contributed by atoms with E-state index >= 15 is 0 Å². The van der Waals surface area contributed by atoms with Crippen LogP contribution in [0.15, 0.2) is 48.5 Å². The summed E-state index contributed by atoms with van der Waals surface area (Å²) in [6.07, 6.45) is 1.78. The van der Waals surface area contributed by atoms with Crippen molar-refractivity contribution in [2.75, 3.05) is 23.8 Å². The van der Waals surface area contributed by atoms with Crippen LogP contribution in [0.4, 0.5) is 11.4 Å². The molecule has 2 amide bonds. The number of anilines is 2. The number of carbonyl (C=O) groups is 3. The molecule has 0 bridgehead atoms.